The Bertz CT molecular complexity index is 1090. The number of furan rings is 1. The summed E-state index contributed by atoms with van der Waals surface area (Å²) < 4.78 is 5.38. The molecular formula is C24H23N3O4S. The van der Waals surface area contributed by atoms with Gasteiger partial charge in [0.2, 0.25) is 17.7 Å². The van der Waals surface area contributed by atoms with Crippen LogP contribution in [-0.2, 0) is 20.9 Å². The zero-order valence-corrected chi connectivity index (χ0v) is 18.2. The normalized spacial score (nSPS) is 12.9. The summed E-state index contributed by atoms with van der Waals surface area (Å²) in [5, 5.41) is 2.80. The van der Waals surface area contributed by atoms with Crippen LogP contribution in [0.2, 0.25) is 0 Å². The topological polar surface area (TPSA) is 82.9 Å². The highest BCUT2D eigenvalue weighted by Crippen LogP contribution is 2.34. The van der Waals surface area contributed by atoms with Crippen LogP contribution in [0.25, 0.3) is 0 Å². The fourth-order valence-corrected chi connectivity index (χ4v) is 4.42. The van der Waals surface area contributed by atoms with E-state index in [1.807, 2.05) is 42.5 Å². The molecule has 0 radical (unpaired) electrons. The van der Waals surface area contributed by atoms with E-state index in [0.29, 0.717) is 17.2 Å². The molecule has 3 aromatic rings. The Hall–Kier alpha value is -3.52. The van der Waals surface area contributed by atoms with Gasteiger partial charge in [-0.05, 0) is 36.4 Å². The van der Waals surface area contributed by atoms with Gasteiger partial charge in [0.15, 0.2) is 0 Å². The molecule has 32 heavy (non-hydrogen) atoms. The van der Waals surface area contributed by atoms with Gasteiger partial charge in [0.25, 0.3) is 0 Å². The lowest BCUT2D eigenvalue weighted by Gasteiger charge is -2.29. The van der Waals surface area contributed by atoms with Gasteiger partial charge in [-0.3, -0.25) is 14.4 Å². The van der Waals surface area contributed by atoms with Crippen LogP contribution in [-0.4, -0.2) is 41.5 Å². The lowest BCUT2D eigenvalue weighted by atomic mass is 10.2. The van der Waals surface area contributed by atoms with E-state index in [0.717, 1.165) is 10.6 Å². The molecule has 0 saturated carbocycles. The molecule has 1 aromatic heterocycles. The van der Waals surface area contributed by atoms with Crippen LogP contribution in [0.4, 0.5) is 11.4 Å². The van der Waals surface area contributed by atoms with Crippen LogP contribution in [0.3, 0.4) is 0 Å². The van der Waals surface area contributed by atoms with Gasteiger partial charge in [-0.1, -0.05) is 30.3 Å². The molecular weight excluding hydrogens is 426 g/mol. The minimum absolute atomic E-state index is 0.0269. The van der Waals surface area contributed by atoms with Gasteiger partial charge in [-0.2, -0.15) is 0 Å². The zero-order valence-electron chi connectivity index (χ0n) is 17.4. The lowest BCUT2D eigenvalue weighted by molar-refractivity contribution is -0.135. The summed E-state index contributed by atoms with van der Waals surface area (Å²) in [5.41, 5.74) is 1.48. The second-order valence-corrected chi connectivity index (χ2v) is 8.31. The minimum atomic E-state index is -0.299. The summed E-state index contributed by atoms with van der Waals surface area (Å²) in [6.07, 6.45) is 1.63. The second-order valence-electron chi connectivity index (χ2n) is 7.30. The van der Waals surface area contributed by atoms with E-state index in [4.69, 9.17) is 4.42 Å². The van der Waals surface area contributed by atoms with Gasteiger partial charge < -0.3 is 19.5 Å². The van der Waals surface area contributed by atoms with Gasteiger partial charge in [-0.25, -0.2) is 0 Å². The molecule has 164 valence electrons. The standard InChI is InChI=1S/C24H23N3O4S/c28-22(25-18-7-2-1-3-8-18)16-26(15-19-9-6-14-31-19)23(29)12-13-27-20-10-4-5-11-21(20)32-17-24(27)30/h1-11,14H,12-13,15-17H2,(H,25,28). The van der Waals surface area contributed by atoms with Crippen molar-refractivity contribution >= 4 is 40.9 Å². The Kier molecular flexibility index (Phi) is 6.91. The smallest absolute Gasteiger partial charge is 0.244 e. The number of nitrogens with zero attached hydrogens (tertiary/aromatic N) is 2. The Labute approximate surface area is 190 Å². The molecule has 7 nitrogen and oxygen atoms in total. The number of para-hydroxylation sites is 2. The number of nitrogens with one attached hydrogen (secondary N) is 1. The van der Waals surface area contributed by atoms with Crippen molar-refractivity contribution in [2.75, 3.05) is 29.1 Å². The van der Waals surface area contributed by atoms with Crippen molar-refractivity contribution < 1.29 is 18.8 Å². The monoisotopic (exact) mass is 449 g/mol. The average molecular weight is 450 g/mol. The molecule has 1 N–H and O–H groups in total. The number of benzene rings is 2. The minimum Gasteiger partial charge on any atom is -0.467 e. The lowest BCUT2D eigenvalue weighted by Crippen LogP contribution is -2.41. The third-order valence-electron chi connectivity index (χ3n) is 5.03. The average Bonchev–Trinajstić information content (AvgIpc) is 3.31. The quantitative estimate of drug-likeness (QED) is 0.566. The van der Waals surface area contributed by atoms with Crippen LogP contribution in [0.1, 0.15) is 12.2 Å². The van der Waals surface area contributed by atoms with Gasteiger partial charge >= 0.3 is 0 Å². The molecule has 1 aliphatic rings. The molecule has 3 amide bonds. The third kappa shape index (κ3) is 5.39. The molecule has 0 saturated heterocycles. The Morgan fingerprint density at radius 1 is 1.03 bits per heavy atom. The maximum absolute atomic E-state index is 13.1. The van der Waals surface area contributed by atoms with Crippen molar-refractivity contribution in [1.82, 2.24) is 4.90 Å². The molecule has 1 aliphatic heterocycles. The molecule has 0 unspecified atom stereocenters. The summed E-state index contributed by atoms with van der Waals surface area (Å²) in [6.45, 7) is 0.313. The highest BCUT2D eigenvalue weighted by molar-refractivity contribution is 8.00. The van der Waals surface area contributed by atoms with Gasteiger partial charge in [0.05, 0.1) is 24.2 Å². The first-order valence-electron chi connectivity index (χ1n) is 10.3. The van der Waals surface area contributed by atoms with Gasteiger partial charge in [0, 0.05) is 23.5 Å². The van der Waals surface area contributed by atoms with Crippen LogP contribution in [0.5, 0.6) is 0 Å². The largest absolute Gasteiger partial charge is 0.467 e. The van der Waals surface area contributed by atoms with E-state index in [1.165, 1.54) is 22.9 Å². The summed E-state index contributed by atoms with van der Waals surface area (Å²) >= 11 is 1.50. The van der Waals surface area contributed by atoms with E-state index in [1.54, 1.807) is 29.2 Å². The number of rotatable bonds is 8. The number of thioether (sulfide) groups is 1. The van der Waals surface area contributed by atoms with Crippen molar-refractivity contribution in [1.29, 1.82) is 0 Å². The van der Waals surface area contributed by atoms with Crippen molar-refractivity contribution in [3.63, 3.8) is 0 Å². The fraction of sp³-hybridized carbons (Fsp3) is 0.208. The number of fused-ring (bicyclic) bond motifs is 1. The molecule has 0 aliphatic carbocycles. The van der Waals surface area contributed by atoms with Crippen molar-refractivity contribution in [3.05, 3.63) is 78.8 Å². The van der Waals surface area contributed by atoms with Crippen LogP contribution < -0.4 is 10.2 Å². The summed E-state index contributed by atoms with van der Waals surface area (Å²) in [4.78, 5) is 42.3. The van der Waals surface area contributed by atoms with E-state index in [-0.39, 0.29) is 43.8 Å². The zero-order chi connectivity index (χ0) is 22.3. The first-order valence-corrected chi connectivity index (χ1v) is 11.3. The fourth-order valence-electron chi connectivity index (χ4n) is 3.48. The summed E-state index contributed by atoms with van der Waals surface area (Å²) in [7, 11) is 0. The van der Waals surface area contributed by atoms with Crippen LogP contribution in [0, 0.1) is 0 Å². The molecule has 8 heteroatoms. The van der Waals surface area contributed by atoms with E-state index < -0.39 is 0 Å². The SMILES string of the molecule is O=C(CN(Cc1ccco1)C(=O)CCN1C(=O)CSc2ccccc21)Nc1ccccc1. The number of carbonyl (C=O) groups excluding carboxylic acids is 3. The predicted molar refractivity (Wildman–Crippen MR) is 123 cm³/mol. The van der Waals surface area contributed by atoms with Crippen LogP contribution >= 0.6 is 11.8 Å². The molecule has 2 heterocycles. The van der Waals surface area contributed by atoms with Crippen molar-refractivity contribution in [3.8, 4) is 0 Å². The maximum Gasteiger partial charge on any atom is 0.244 e. The number of carbonyl (C=O) groups is 3. The molecule has 2 aromatic carbocycles. The number of anilines is 2. The molecule has 0 atom stereocenters. The van der Waals surface area contributed by atoms with Crippen molar-refractivity contribution in [2.45, 2.75) is 17.9 Å². The van der Waals surface area contributed by atoms with Gasteiger partial charge in [0.1, 0.15) is 12.3 Å². The summed E-state index contributed by atoms with van der Waals surface area (Å²) in [6, 6.07) is 20.3. The second kappa shape index (κ2) is 10.2. The Balaban J connectivity index is 1.43. The van der Waals surface area contributed by atoms with Crippen molar-refractivity contribution in [2.24, 2.45) is 0 Å². The Morgan fingerprint density at radius 2 is 1.81 bits per heavy atom. The van der Waals surface area contributed by atoms with E-state index in [9.17, 15) is 14.4 Å². The predicted octanol–water partition coefficient (Wildman–Crippen LogP) is 3.78. The Morgan fingerprint density at radius 3 is 2.59 bits per heavy atom. The third-order valence-corrected chi connectivity index (χ3v) is 6.08. The maximum atomic E-state index is 13.1. The molecule has 0 bridgehead atoms. The first kappa shape index (κ1) is 21.7. The molecule has 0 spiro atoms. The first-order chi connectivity index (χ1) is 15.6. The van der Waals surface area contributed by atoms with E-state index >= 15 is 0 Å². The van der Waals surface area contributed by atoms with Gasteiger partial charge in [-0.15, -0.1) is 11.8 Å². The van der Waals surface area contributed by atoms with E-state index in [2.05, 4.69) is 5.32 Å². The van der Waals surface area contributed by atoms with Crippen LogP contribution in [0.15, 0.2) is 82.3 Å². The molecule has 4 rings (SSSR count). The summed E-state index contributed by atoms with van der Waals surface area (Å²) in [5.74, 6) is 0.378. The number of hydrogen-bond donors (Lipinski definition) is 1. The molecule has 0 fully saturated rings. The number of hydrogen-bond acceptors (Lipinski definition) is 5. The highest BCUT2D eigenvalue weighted by Gasteiger charge is 2.26. The highest BCUT2D eigenvalue weighted by atomic mass is 32.2. The number of amides is 3.